The lowest BCUT2D eigenvalue weighted by molar-refractivity contribution is -0.117. The first-order valence-corrected chi connectivity index (χ1v) is 8.12. The molecule has 128 valence electrons. The Kier molecular flexibility index (Phi) is 6.58. The fourth-order valence-corrected chi connectivity index (χ4v) is 2.63. The molecule has 2 fully saturated rings. The smallest absolute Gasteiger partial charge is 0.258 e. The number of ether oxygens (including phenoxy) is 1. The molecule has 1 aliphatic carbocycles. The van der Waals surface area contributed by atoms with Crippen LogP contribution in [0.2, 0.25) is 0 Å². The van der Waals surface area contributed by atoms with Crippen LogP contribution >= 0.6 is 0 Å². The van der Waals surface area contributed by atoms with E-state index in [1.165, 1.54) is 12.8 Å². The molecular weight excluding hydrogens is 298 g/mol. The number of methoxy groups -OCH3 is 1. The number of hydrogen-bond donors (Lipinski definition) is 2. The zero-order chi connectivity index (χ0) is 16.7. The number of amides is 1. The molecule has 0 unspecified atom stereocenters. The first-order valence-electron chi connectivity index (χ1n) is 8.12. The van der Waals surface area contributed by atoms with Gasteiger partial charge in [0, 0.05) is 32.5 Å². The van der Waals surface area contributed by atoms with Gasteiger partial charge in [0.25, 0.3) is 5.88 Å². The summed E-state index contributed by atoms with van der Waals surface area (Å²) in [5, 5.41) is 19.2. The number of nitrogens with zero attached hydrogens (tertiary/aromatic N) is 3. The molecule has 1 aromatic heterocycles. The summed E-state index contributed by atoms with van der Waals surface area (Å²) >= 11 is 0. The Morgan fingerprint density at radius 2 is 1.91 bits per heavy atom. The molecular formula is C16H25N3O4. The average molecular weight is 323 g/mol. The molecule has 1 aliphatic heterocycles. The van der Waals surface area contributed by atoms with Crippen LogP contribution in [0.15, 0.2) is 0 Å². The Hall–Kier alpha value is -1.89. The Balaban J connectivity index is 0.000000229. The van der Waals surface area contributed by atoms with Crippen LogP contribution in [-0.4, -0.2) is 58.3 Å². The molecule has 1 amide bonds. The molecule has 0 atom stereocenters. The van der Waals surface area contributed by atoms with Crippen molar-refractivity contribution in [2.45, 2.75) is 44.4 Å². The van der Waals surface area contributed by atoms with Crippen LogP contribution in [0, 0.1) is 0 Å². The van der Waals surface area contributed by atoms with Gasteiger partial charge >= 0.3 is 0 Å². The maximum absolute atomic E-state index is 9.93. The molecule has 0 aromatic carbocycles. The summed E-state index contributed by atoms with van der Waals surface area (Å²) < 4.78 is 4.93. The van der Waals surface area contributed by atoms with E-state index in [0.717, 1.165) is 38.8 Å². The van der Waals surface area contributed by atoms with E-state index in [0.29, 0.717) is 24.5 Å². The van der Waals surface area contributed by atoms with Gasteiger partial charge in [-0.3, -0.25) is 4.79 Å². The number of hydrogen-bond acceptors (Lipinski definition) is 6. The first kappa shape index (κ1) is 17.5. The Morgan fingerprint density at radius 3 is 2.39 bits per heavy atom. The molecule has 3 rings (SSSR count). The van der Waals surface area contributed by atoms with Crippen LogP contribution < -0.4 is 0 Å². The largest absolute Gasteiger partial charge is 0.502 e. The van der Waals surface area contributed by atoms with Gasteiger partial charge in [0.05, 0.1) is 12.3 Å². The minimum Gasteiger partial charge on any atom is -0.502 e. The summed E-state index contributed by atoms with van der Waals surface area (Å²) in [6.45, 7) is 2.46. The third-order valence-corrected chi connectivity index (χ3v) is 4.25. The molecule has 1 saturated carbocycles. The molecule has 7 heteroatoms. The molecule has 23 heavy (non-hydrogen) atoms. The quantitative estimate of drug-likeness (QED) is 0.799. The molecule has 2 N–H and O–H groups in total. The van der Waals surface area contributed by atoms with Crippen molar-refractivity contribution in [3.63, 3.8) is 0 Å². The molecule has 0 spiro atoms. The third kappa shape index (κ3) is 4.79. The summed E-state index contributed by atoms with van der Waals surface area (Å²) in [6, 6.07) is 0. The third-order valence-electron chi connectivity index (χ3n) is 4.25. The van der Waals surface area contributed by atoms with Crippen molar-refractivity contribution in [3.05, 3.63) is 11.5 Å². The number of rotatable bonds is 5. The van der Waals surface area contributed by atoms with Gasteiger partial charge in [-0.2, -0.15) is 4.98 Å². The maximum Gasteiger partial charge on any atom is 0.258 e. The summed E-state index contributed by atoms with van der Waals surface area (Å²) in [6.07, 6.45) is 7.05. The highest BCUT2D eigenvalue weighted by Gasteiger charge is 2.26. The number of aromatic hydroxyl groups is 2. The SMILES string of the molecule is COCCc1nc(O)c(O)c(C2CCC2)n1.O=CN1CCCC1. The molecule has 2 heterocycles. The van der Waals surface area contributed by atoms with Crippen LogP contribution in [0.4, 0.5) is 0 Å². The number of aromatic nitrogens is 2. The maximum atomic E-state index is 9.93. The Bertz CT molecular complexity index is 514. The molecule has 0 radical (unpaired) electrons. The standard InChI is InChI=1S/C11H16N2O3.C5H9NO/c1-16-6-5-8-12-9(7-3-2-4-7)10(14)11(15)13-8;7-5-6-3-1-2-4-6/h7,14H,2-6H2,1H3,(H,12,13,15);5H,1-4H2. The van der Waals surface area contributed by atoms with E-state index in [1.807, 2.05) is 0 Å². The second-order valence-corrected chi connectivity index (χ2v) is 5.92. The highest BCUT2D eigenvalue weighted by atomic mass is 16.5. The average Bonchev–Trinajstić information content (AvgIpc) is 3.02. The first-order chi connectivity index (χ1) is 11.2. The minimum absolute atomic E-state index is 0.161. The molecule has 2 aliphatic rings. The molecule has 7 nitrogen and oxygen atoms in total. The zero-order valence-electron chi connectivity index (χ0n) is 13.6. The lowest BCUT2D eigenvalue weighted by Crippen LogP contribution is -2.15. The van der Waals surface area contributed by atoms with Crippen molar-refractivity contribution in [2.75, 3.05) is 26.8 Å². The van der Waals surface area contributed by atoms with Gasteiger partial charge in [-0.15, -0.1) is 0 Å². The van der Waals surface area contributed by atoms with Gasteiger partial charge in [0.1, 0.15) is 5.82 Å². The number of carbonyl (C=O) groups is 1. The number of carbonyl (C=O) groups excluding carboxylic acids is 1. The molecule has 1 saturated heterocycles. The van der Waals surface area contributed by atoms with Crippen LogP contribution in [0.5, 0.6) is 11.6 Å². The van der Waals surface area contributed by atoms with E-state index in [-0.39, 0.29) is 17.5 Å². The van der Waals surface area contributed by atoms with E-state index >= 15 is 0 Å². The highest BCUT2D eigenvalue weighted by Crippen LogP contribution is 2.41. The van der Waals surface area contributed by atoms with Crippen molar-refractivity contribution in [3.8, 4) is 11.6 Å². The number of likely N-dealkylation sites (tertiary alicyclic amines) is 1. The van der Waals surface area contributed by atoms with Crippen molar-refractivity contribution in [1.82, 2.24) is 14.9 Å². The second-order valence-electron chi connectivity index (χ2n) is 5.92. The fraction of sp³-hybridized carbons (Fsp3) is 0.688. The zero-order valence-corrected chi connectivity index (χ0v) is 13.6. The van der Waals surface area contributed by atoms with Crippen molar-refractivity contribution < 1.29 is 19.7 Å². The van der Waals surface area contributed by atoms with E-state index in [4.69, 9.17) is 4.74 Å². The predicted molar refractivity (Wildman–Crippen MR) is 84.4 cm³/mol. The lowest BCUT2D eigenvalue weighted by Gasteiger charge is -2.25. The Labute approximate surface area is 136 Å². The Morgan fingerprint density at radius 1 is 1.22 bits per heavy atom. The highest BCUT2D eigenvalue weighted by molar-refractivity contribution is 5.47. The van der Waals surface area contributed by atoms with Crippen molar-refractivity contribution in [1.29, 1.82) is 0 Å². The van der Waals surface area contributed by atoms with Crippen molar-refractivity contribution in [2.24, 2.45) is 0 Å². The summed E-state index contributed by atoms with van der Waals surface area (Å²) in [5.41, 5.74) is 0.588. The van der Waals surface area contributed by atoms with E-state index < -0.39 is 0 Å². The van der Waals surface area contributed by atoms with E-state index in [1.54, 1.807) is 12.0 Å². The summed E-state index contributed by atoms with van der Waals surface area (Å²) in [4.78, 5) is 19.9. The van der Waals surface area contributed by atoms with Crippen LogP contribution in [0.3, 0.4) is 0 Å². The normalized spacial score (nSPS) is 17.3. The van der Waals surface area contributed by atoms with E-state index in [2.05, 4.69) is 9.97 Å². The lowest BCUT2D eigenvalue weighted by atomic mass is 9.82. The van der Waals surface area contributed by atoms with Gasteiger partial charge < -0.3 is 19.8 Å². The fourth-order valence-electron chi connectivity index (χ4n) is 2.63. The van der Waals surface area contributed by atoms with Gasteiger partial charge in [-0.05, 0) is 25.7 Å². The second kappa shape index (κ2) is 8.67. The predicted octanol–water partition coefficient (Wildman–Crippen LogP) is 1.58. The topological polar surface area (TPSA) is 95.8 Å². The van der Waals surface area contributed by atoms with Gasteiger partial charge in [0.2, 0.25) is 12.2 Å². The van der Waals surface area contributed by atoms with Crippen LogP contribution in [0.25, 0.3) is 0 Å². The van der Waals surface area contributed by atoms with Gasteiger partial charge in [-0.25, -0.2) is 4.98 Å². The minimum atomic E-state index is -0.317. The van der Waals surface area contributed by atoms with Gasteiger partial charge in [-0.1, -0.05) is 6.42 Å². The van der Waals surface area contributed by atoms with Gasteiger partial charge in [0.15, 0.2) is 0 Å². The summed E-state index contributed by atoms with van der Waals surface area (Å²) in [5.74, 6) is 0.322. The summed E-state index contributed by atoms with van der Waals surface area (Å²) in [7, 11) is 1.60. The van der Waals surface area contributed by atoms with Crippen LogP contribution in [0.1, 0.15) is 49.5 Å². The molecule has 1 aromatic rings. The molecule has 0 bridgehead atoms. The van der Waals surface area contributed by atoms with Crippen LogP contribution in [-0.2, 0) is 16.0 Å². The monoisotopic (exact) mass is 323 g/mol. The van der Waals surface area contributed by atoms with E-state index in [9.17, 15) is 15.0 Å². The van der Waals surface area contributed by atoms with Crippen molar-refractivity contribution >= 4 is 6.41 Å².